The van der Waals surface area contributed by atoms with Crippen molar-refractivity contribution in [3.8, 4) is 22.8 Å². The first kappa shape index (κ1) is 19.4. The molecule has 2 aromatic heterocycles. The topological polar surface area (TPSA) is 94.7 Å². The monoisotopic (exact) mass is 423 g/mol. The van der Waals surface area contributed by atoms with E-state index in [2.05, 4.69) is 9.98 Å². The first-order chi connectivity index (χ1) is 15.5. The molecule has 156 valence electrons. The van der Waals surface area contributed by atoms with Gasteiger partial charge < -0.3 is 8.83 Å². The number of fused-ring (bicyclic) bond motifs is 1. The fraction of sp³-hybridized carbons (Fsp3) is 0.0400. The summed E-state index contributed by atoms with van der Waals surface area (Å²) >= 11 is 0. The molecule has 0 aliphatic rings. The Balaban J connectivity index is 1.37. The third-order valence-corrected chi connectivity index (χ3v) is 4.98. The van der Waals surface area contributed by atoms with Crippen LogP contribution in [0.15, 0.2) is 92.7 Å². The predicted molar refractivity (Wildman–Crippen MR) is 122 cm³/mol. The van der Waals surface area contributed by atoms with Gasteiger partial charge in [-0.2, -0.15) is 0 Å². The molecule has 0 N–H and O–H groups in total. The van der Waals surface area contributed by atoms with Crippen LogP contribution in [0.5, 0.6) is 0 Å². The molecule has 3 aromatic carbocycles. The summed E-state index contributed by atoms with van der Waals surface area (Å²) in [6.45, 7) is 2.03. The van der Waals surface area contributed by atoms with E-state index in [-0.39, 0.29) is 5.69 Å². The smallest absolute Gasteiger partial charge is 0.270 e. The molecule has 0 saturated heterocycles. The van der Waals surface area contributed by atoms with E-state index in [0.29, 0.717) is 39.8 Å². The highest BCUT2D eigenvalue weighted by molar-refractivity contribution is 5.83. The molecule has 5 aromatic rings. The number of nitro groups is 1. The molecule has 0 aliphatic heterocycles. The Morgan fingerprint density at radius 1 is 0.938 bits per heavy atom. The molecule has 0 radical (unpaired) electrons. The van der Waals surface area contributed by atoms with Crippen molar-refractivity contribution in [1.82, 2.24) is 4.98 Å². The van der Waals surface area contributed by atoms with Gasteiger partial charge in [-0.15, -0.1) is 0 Å². The maximum atomic E-state index is 11.0. The highest BCUT2D eigenvalue weighted by Gasteiger charge is 2.11. The molecule has 0 unspecified atom stereocenters. The van der Waals surface area contributed by atoms with Crippen LogP contribution in [0.3, 0.4) is 0 Å². The van der Waals surface area contributed by atoms with Gasteiger partial charge in [0.25, 0.3) is 5.69 Å². The summed E-state index contributed by atoms with van der Waals surface area (Å²) in [5.41, 5.74) is 4.84. The summed E-state index contributed by atoms with van der Waals surface area (Å²) in [4.78, 5) is 19.6. The number of benzene rings is 3. The van der Waals surface area contributed by atoms with Gasteiger partial charge in [0.2, 0.25) is 5.89 Å². The number of hydrogen-bond acceptors (Lipinski definition) is 6. The number of aromatic nitrogens is 1. The van der Waals surface area contributed by atoms with Crippen molar-refractivity contribution >= 4 is 28.7 Å². The van der Waals surface area contributed by atoms with Gasteiger partial charge in [-0.1, -0.05) is 29.8 Å². The number of nitrogens with zero attached hydrogens (tertiary/aromatic N) is 3. The van der Waals surface area contributed by atoms with Crippen molar-refractivity contribution in [3.63, 3.8) is 0 Å². The first-order valence-electron chi connectivity index (χ1n) is 9.91. The van der Waals surface area contributed by atoms with Gasteiger partial charge in [-0.25, -0.2) is 4.98 Å². The molecule has 2 heterocycles. The minimum Gasteiger partial charge on any atom is -0.455 e. The number of aliphatic imine (C=N–C) groups is 1. The second kappa shape index (κ2) is 7.96. The third kappa shape index (κ3) is 3.91. The Hall–Kier alpha value is -4.52. The van der Waals surface area contributed by atoms with E-state index in [0.717, 1.165) is 5.56 Å². The summed E-state index contributed by atoms with van der Waals surface area (Å²) < 4.78 is 11.6. The molecule has 0 bridgehead atoms. The van der Waals surface area contributed by atoms with Crippen LogP contribution in [-0.2, 0) is 0 Å². The lowest BCUT2D eigenvalue weighted by atomic mass is 10.1. The van der Waals surface area contributed by atoms with Gasteiger partial charge >= 0.3 is 0 Å². The molecule has 32 heavy (non-hydrogen) atoms. The van der Waals surface area contributed by atoms with Gasteiger partial charge in [0, 0.05) is 23.3 Å². The lowest BCUT2D eigenvalue weighted by Crippen LogP contribution is -1.87. The average molecular weight is 423 g/mol. The van der Waals surface area contributed by atoms with E-state index in [1.165, 1.54) is 17.7 Å². The zero-order chi connectivity index (χ0) is 22.1. The largest absolute Gasteiger partial charge is 0.455 e. The standard InChI is InChI=1S/C25H17N3O4/c1-16-5-7-17(8-6-16)25-27-22-14-19(9-11-24(22)32-25)26-15-21-10-12-23(31-21)18-3-2-4-20(13-18)28(29)30/h2-15H,1H3. The molecular weight excluding hydrogens is 406 g/mol. The number of non-ortho nitro benzene ring substituents is 1. The van der Waals surface area contributed by atoms with Crippen molar-refractivity contribution in [2.45, 2.75) is 6.92 Å². The fourth-order valence-electron chi connectivity index (χ4n) is 3.30. The Bertz CT molecular complexity index is 1460. The SMILES string of the molecule is Cc1ccc(-c2nc3cc(N=Cc4ccc(-c5cccc([N+](=O)[O-])c5)o4)ccc3o2)cc1. The third-order valence-electron chi connectivity index (χ3n) is 4.98. The van der Waals surface area contributed by atoms with Gasteiger partial charge in [-0.05, 0) is 49.4 Å². The number of hydrogen-bond donors (Lipinski definition) is 0. The van der Waals surface area contributed by atoms with Crippen molar-refractivity contribution < 1.29 is 13.8 Å². The quantitative estimate of drug-likeness (QED) is 0.178. The molecule has 0 amide bonds. The second-order valence-corrected chi connectivity index (χ2v) is 7.30. The molecule has 0 atom stereocenters. The molecule has 0 spiro atoms. The molecule has 7 heteroatoms. The summed E-state index contributed by atoms with van der Waals surface area (Å²) in [6.07, 6.45) is 1.60. The number of rotatable bonds is 5. The van der Waals surface area contributed by atoms with Crippen LogP contribution in [0.4, 0.5) is 11.4 Å². The zero-order valence-electron chi connectivity index (χ0n) is 17.1. The van der Waals surface area contributed by atoms with Crippen LogP contribution in [0.1, 0.15) is 11.3 Å². The lowest BCUT2D eigenvalue weighted by Gasteiger charge is -1.97. The maximum Gasteiger partial charge on any atom is 0.270 e. The zero-order valence-corrected chi connectivity index (χ0v) is 17.1. The van der Waals surface area contributed by atoms with E-state index >= 15 is 0 Å². The molecule has 0 aliphatic carbocycles. The van der Waals surface area contributed by atoms with Gasteiger partial charge in [0.15, 0.2) is 5.58 Å². The van der Waals surface area contributed by atoms with Crippen LogP contribution in [0.25, 0.3) is 33.9 Å². The highest BCUT2D eigenvalue weighted by atomic mass is 16.6. The number of nitro benzene ring substituents is 1. The predicted octanol–water partition coefficient (Wildman–Crippen LogP) is 6.72. The van der Waals surface area contributed by atoms with Crippen LogP contribution < -0.4 is 0 Å². The number of furan rings is 1. The fourth-order valence-corrected chi connectivity index (χ4v) is 3.30. The van der Waals surface area contributed by atoms with Crippen molar-refractivity contribution in [3.05, 3.63) is 100 Å². The van der Waals surface area contributed by atoms with Gasteiger partial charge in [0.1, 0.15) is 17.0 Å². The van der Waals surface area contributed by atoms with Crippen LogP contribution in [-0.4, -0.2) is 16.1 Å². The van der Waals surface area contributed by atoms with E-state index in [1.54, 1.807) is 30.5 Å². The molecule has 7 nitrogen and oxygen atoms in total. The molecule has 0 saturated carbocycles. The van der Waals surface area contributed by atoms with Crippen LogP contribution >= 0.6 is 0 Å². The van der Waals surface area contributed by atoms with Crippen molar-refractivity contribution in [2.24, 2.45) is 4.99 Å². The Morgan fingerprint density at radius 2 is 1.78 bits per heavy atom. The Kier molecular flexibility index (Phi) is 4.84. The molecule has 0 fully saturated rings. The normalized spacial score (nSPS) is 11.4. The number of oxazole rings is 1. The minimum atomic E-state index is -0.431. The minimum absolute atomic E-state index is 0.0139. The maximum absolute atomic E-state index is 11.0. The van der Waals surface area contributed by atoms with E-state index in [1.807, 2.05) is 49.4 Å². The first-order valence-corrected chi connectivity index (χ1v) is 9.91. The second-order valence-electron chi connectivity index (χ2n) is 7.30. The Labute approximate surface area is 182 Å². The van der Waals surface area contributed by atoms with E-state index in [4.69, 9.17) is 8.83 Å². The van der Waals surface area contributed by atoms with Crippen molar-refractivity contribution in [1.29, 1.82) is 0 Å². The van der Waals surface area contributed by atoms with Crippen LogP contribution in [0, 0.1) is 17.0 Å². The van der Waals surface area contributed by atoms with E-state index < -0.39 is 4.92 Å². The highest BCUT2D eigenvalue weighted by Crippen LogP contribution is 2.28. The number of aryl methyl sites for hydroxylation is 1. The lowest BCUT2D eigenvalue weighted by molar-refractivity contribution is -0.384. The summed E-state index contributed by atoms with van der Waals surface area (Å²) in [6, 6.07) is 23.4. The molecular formula is C25H17N3O4. The summed E-state index contributed by atoms with van der Waals surface area (Å²) in [5, 5.41) is 11.0. The summed E-state index contributed by atoms with van der Waals surface area (Å²) in [7, 11) is 0. The van der Waals surface area contributed by atoms with E-state index in [9.17, 15) is 10.1 Å². The van der Waals surface area contributed by atoms with Gasteiger partial charge in [0.05, 0.1) is 16.8 Å². The average Bonchev–Trinajstić information content (AvgIpc) is 3.45. The van der Waals surface area contributed by atoms with Crippen LogP contribution in [0.2, 0.25) is 0 Å². The van der Waals surface area contributed by atoms with Crippen molar-refractivity contribution in [2.75, 3.05) is 0 Å². The summed E-state index contributed by atoms with van der Waals surface area (Å²) in [5.74, 6) is 1.63. The van der Waals surface area contributed by atoms with Gasteiger partial charge in [-0.3, -0.25) is 15.1 Å². The molecule has 5 rings (SSSR count). The Morgan fingerprint density at radius 3 is 2.59 bits per heavy atom.